The van der Waals surface area contributed by atoms with Crippen LogP contribution in [-0.4, -0.2) is 46.7 Å². The van der Waals surface area contributed by atoms with E-state index < -0.39 is 17.7 Å². The predicted octanol–water partition coefficient (Wildman–Crippen LogP) is 1.53. The van der Waals surface area contributed by atoms with E-state index in [4.69, 9.17) is 4.74 Å². The van der Waals surface area contributed by atoms with Gasteiger partial charge in [0.15, 0.2) is 0 Å². The van der Waals surface area contributed by atoms with Gasteiger partial charge in [0, 0.05) is 0 Å². The summed E-state index contributed by atoms with van der Waals surface area (Å²) in [5.41, 5.74) is 0.0869. The third-order valence-electron chi connectivity index (χ3n) is 4.27. The number of carbonyl (C=O) groups is 2. The number of aliphatic hydroxyl groups excluding tert-OH is 1. The van der Waals surface area contributed by atoms with Crippen LogP contribution in [0.4, 0.5) is 4.79 Å². The minimum atomic E-state index is -0.915. The second-order valence-electron chi connectivity index (χ2n) is 6.36. The summed E-state index contributed by atoms with van der Waals surface area (Å²) in [6.07, 6.45) is -0.914. The molecule has 1 aliphatic rings. The fraction of sp³-hybridized carbons (Fsp3) is 0.529. The van der Waals surface area contributed by atoms with Crippen molar-refractivity contribution in [3.8, 4) is 0 Å². The van der Waals surface area contributed by atoms with Crippen LogP contribution in [0.25, 0.3) is 0 Å². The highest BCUT2D eigenvalue weighted by Gasteiger charge is 2.49. The van der Waals surface area contributed by atoms with E-state index in [1.54, 1.807) is 6.92 Å². The van der Waals surface area contributed by atoms with E-state index in [2.05, 4.69) is 5.32 Å². The number of amides is 3. The van der Waals surface area contributed by atoms with Crippen molar-refractivity contribution in [2.75, 3.05) is 13.2 Å². The highest BCUT2D eigenvalue weighted by molar-refractivity contribution is 6.06. The SMILES string of the molecule is CC(C)[C@]1(C)NC(=O)N(C[C@@H](O)COCc2ccccc2)C1=O. The lowest BCUT2D eigenvalue weighted by Crippen LogP contribution is -2.49. The number of nitrogens with one attached hydrogen (secondary N) is 1. The van der Waals surface area contributed by atoms with E-state index in [0.29, 0.717) is 6.61 Å². The molecule has 2 N–H and O–H groups in total. The zero-order valence-electron chi connectivity index (χ0n) is 13.8. The number of benzene rings is 1. The second-order valence-corrected chi connectivity index (χ2v) is 6.36. The average molecular weight is 320 g/mol. The number of aliphatic hydroxyl groups is 1. The minimum Gasteiger partial charge on any atom is -0.389 e. The fourth-order valence-electron chi connectivity index (χ4n) is 2.42. The molecule has 0 radical (unpaired) electrons. The summed E-state index contributed by atoms with van der Waals surface area (Å²) in [5, 5.41) is 12.7. The third kappa shape index (κ3) is 3.89. The molecular formula is C17H24N2O4. The standard InChI is InChI=1S/C17H24N2O4/c1-12(2)17(3)15(21)19(16(22)18-17)9-14(20)11-23-10-13-7-5-4-6-8-13/h4-8,12,14,20H,9-11H2,1-3H3,(H,18,22)/t14-,17+/m1/s1. The second kappa shape index (κ2) is 7.10. The molecule has 23 heavy (non-hydrogen) atoms. The Balaban J connectivity index is 1.84. The molecule has 2 atom stereocenters. The maximum absolute atomic E-state index is 12.4. The van der Waals surface area contributed by atoms with Gasteiger partial charge in [-0.1, -0.05) is 44.2 Å². The van der Waals surface area contributed by atoms with Gasteiger partial charge in [-0.05, 0) is 18.4 Å². The molecule has 0 aromatic heterocycles. The summed E-state index contributed by atoms with van der Waals surface area (Å²) in [6.45, 7) is 5.83. The van der Waals surface area contributed by atoms with E-state index in [1.807, 2.05) is 44.2 Å². The van der Waals surface area contributed by atoms with Crippen molar-refractivity contribution in [3.05, 3.63) is 35.9 Å². The summed E-state index contributed by atoms with van der Waals surface area (Å²) >= 11 is 0. The van der Waals surface area contributed by atoms with Crippen LogP contribution in [0.15, 0.2) is 30.3 Å². The summed E-state index contributed by atoms with van der Waals surface area (Å²) in [7, 11) is 0. The van der Waals surface area contributed by atoms with E-state index in [-0.39, 0.29) is 25.0 Å². The van der Waals surface area contributed by atoms with Crippen molar-refractivity contribution < 1.29 is 19.4 Å². The van der Waals surface area contributed by atoms with Crippen molar-refractivity contribution in [2.24, 2.45) is 5.92 Å². The Kier molecular flexibility index (Phi) is 5.38. The topological polar surface area (TPSA) is 78.9 Å². The van der Waals surface area contributed by atoms with Crippen LogP contribution in [0.2, 0.25) is 0 Å². The zero-order valence-corrected chi connectivity index (χ0v) is 13.8. The Morgan fingerprint density at radius 3 is 2.48 bits per heavy atom. The Bertz CT molecular complexity index is 561. The van der Waals surface area contributed by atoms with Gasteiger partial charge in [-0.25, -0.2) is 4.79 Å². The third-order valence-corrected chi connectivity index (χ3v) is 4.27. The zero-order chi connectivity index (χ0) is 17.0. The van der Waals surface area contributed by atoms with Crippen molar-refractivity contribution in [1.82, 2.24) is 10.2 Å². The summed E-state index contributed by atoms with van der Waals surface area (Å²) < 4.78 is 5.44. The molecule has 2 rings (SSSR count). The lowest BCUT2D eigenvalue weighted by molar-refractivity contribution is -0.133. The summed E-state index contributed by atoms with van der Waals surface area (Å²) in [6, 6.07) is 9.13. The molecule has 0 saturated carbocycles. The predicted molar refractivity (Wildman–Crippen MR) is 85.6 cm³/mol. The van der Waals surface area contributed by atoms with Crippen LogP contribution in [0.1, 0.15) is 26.3 Å². The molecule has 6 nitrogen and oxygen atoms in total. The first-order valence-electron chi connectivity index (χ1n) is 7.78. The van der Waals surface area contributed by atoms with Crippen LogP contribution in [0, 0.1) is 5.92 Å². The van der Waals surface area contributed by atoms with Gasteiger partial charge >= 0.3 is 6.03 Å². The van der Waals surface area contributed by atoms with Crippen molar-refractivity contribution in [1.29, 1.82) is 0 Å². The minimum absolute atomic E-state index is 0.0320. The Labute approximate surface area is 136 Å². The van der Waals surface area contributed by atoms with Crippen LogP contribution in [-0.2, 0) is 16.1 Å². The Morgan fingerprint density at radius 1 is 1.26 bits per heavy atom. The van der Waals surface area contributed by atoms with Crippen LogP contribution < -0.4 is 5.32 Å². The maximum Gasteiger partial charge on any atom is 0.325 e. The van der Waals surface area contributed by atoms with Crippen LogP contribution in [0.3, 0.4) is 0 Å². The monoisotopic (exact) mass is 320 g/mol. The summed E-state index contributed by atoms with van der Waals surface area (Å²) in [4.78, 5) is 25.4. The van der Waals surface area contributed by atoms with E-state index >= 15 is 0 Å². The van der Waals surface area contributed by atoms with Crippen molar-refractivity contribution >= 4 is 11.9 Å². The first kappa shape index (κ1) is 17.4. The molecule has 1 aromatic carbocycles. The van der Waals surface area contributed by atoms with Gasteiger partial charge in [0.1, 0.15) is 5.54 Å². The number of imide groups is 1. The van der Waals surface area contributed by atoms with Gasteiger partial charge in [0.2, 0.25) is 0 Å². The van der Waals surface area contributed by atoms with E-state index in [9.17, 15) is 14.7 Å². The van der Waals surface area contributed by atoms with E-state index in [0.717, 1.165) is 10.5 Å². The first-order chi connectivity index (χ1) is 10.8. The number of rotatable bonds is 7. The quantitative estimate of drug-likeness (QED) is 0.747. The molecule has 1 aromatic rings. The van der Waals surface area contributed by atoms with Gasteiger partial charge in [0.25, 0.3) is 5.91 Å². The van der Waals surface area contributed by atoms with Crippen molar-refractivity contribution in [3.63, 3.8) is 0 Å². The largest absolute Gasteiger partial charge is 0.389 e. The number of nitrogens with zero attached hydrogens (tertiary/aromatic N) is 1. The Hall–Kier alpha value is -1.92. The number of carbonyl (C=O) groups excluding carboxylic acids is 2. The number of hydrogen-bond donors (Lipinski definition) is 2. The molecule has 0 unspecified atom stereocenters. The number of β-amino-alcohol motifs (C(OH)–C–C–N with tert-alkyl or cyclic N) is 1. The molecular weight excluding hydrogens is 296 g/mol. The highest BCUT2D eigenvalue weighted by Crippen LogP contribution is 2.25. The molecule has 3 amide bonds. The number of hydrogen-bond acceptors (Lipinski definition) is 4. The lowest BCUT2D eigenvalue weighted by atomic mass is 9.88. The smallest absolute Gasteiger partial charge is 0.325 e. The highest BCUT2D eigenvalue weighted by atomic mass is 16.5. The molecule has 1 fully saturated rings. The molecule has 0 spiro atoms. The molecule has 1 saturated heterocycles. The number of ether oxygens (including phenoxy) is 1. The van der Waals surface area contributed by atoms with Crippen LogP contribution in [0.5, 0.6) is 0 Å². The molecule has 1 heterocycles. The van der Waals surface area contributed by atoms with Gasteiger partial charge in [-0.3, -0.25) is 9.69 Å². The molecule has 1 aliphatic heterocycles. The Morgan fingerprint density at radius 2 is 1.91 bits per heavy atom. The molecule has 6 heteroatoms. The lowest BCUT2D eigenvalue weighted by Gasteiger charge is -2.26. The van der Waals surface area contributed by atoms with Gasteiger partial charge in [-0.2, -0.15) is 0 Å². The van der Waals surface area contributed by atoms with Crippen molar-refractivity contribution in [2.45, 2.75) is 39.0 Å². The molecule has 0 bridgehead atoms. The normalized spacial score (nSPS) is 22.6. The first-order valence-corrected chi connectivity index (χ1v) is 7.78. The molecule has 126 valence electrons. The average Bonchev–Trinajstić information content (AvgIpc) is 2.73. The fourth-order valence-corrected chi connectivity index (χ4v) is 2.42. The number of urea groups is 1. The van der Waals surface area contributed by atoms with Gasteiger partial charge in [-0.15, -0.1) is 0 Å². The summed E-state index contributed by atoms with van der Waals surface area (Å²) in [5.74, 6) is -0.338. The van der Waals surface area contributed by atoms with Gasteiger partial charge in [0.05, 0.1) is 25.9 Å². The van der Waals surface area contributed by atoms with Gasteiger partial charge < -0.3 is 15.2 Å². The molecule has 0 aliphatic carbocycles. The van der Waals surface area contributed by atoms with Crippen LogP contribution >= 0.6 is 0 Å². The van der Waals surface area contributed by atoms with E-state index in [1.165, 1.54) is 0 Å². The maximum atomic E-state index is 12.4.